The Kier molecular flexibility index (Phi) is 5.87. The van der Waals surface area contributed by atoms with Crippen LogP contribution in [0, 0.1) is 0 Å². The van der Waals surface area contributed by atoms with Crippen LogP contribution in [-0.4, -0.2) is 80.4 Å². The molecule has 0 aromatic heterocycles. The van der Waals surface area contributed by atoms with Crippen molar-refractivity contribution in [3.8, 4) is 0 Å². The van der Waals surface area contributed by atoms with Gasteiger partial charge in [-0.2, -0.15) is 10.2 Å². The third-order valence-corrected chi connectivity index (χ3v) is 48.5. The molecule has 0 saturated carbocycles. The van der Waals surface area contributed by atoms with E-state index in [1.807, 2.05) is 0 Å². The van der Waals surface area contributed by atoms with E-state index in [-0.39, 0.29) is 17.8 Å². The average Bonchev–Trinajstić information content (AvgIpc) is 2.48. The van der Waals surface area contributed by atoms with Gasteiger partial charge in [0.15, 0.2) is 7.75 Å². The van der Waals surface area contributed by atoms with Crippen molar-refractivity contribution in [1.82, 2.24) is 19.6 Å². The summed E-state index contributed by atoms with van der Waals surface area (Å²) in [6, 6.07) is 0. The molecule has 4 nitrogen and oxygen atoms in total. The molecule has 0 spiro atoms. The first-order valence-corrected chi connectivity index (χ1v) is 19.0. The fourth-order valence-corrected chi connectivity index (χ4v) is 52.3. The third kappa shape index (κ3) is 2.46. The van der Waals surface area contributed by atoms with Gasteiger partial charge in [-0.05, 0) is 14.1 Å². The summed E-state index contributed by atoms with van der Waals surface area (Å²) in [5.41, 5.74) is 8.90. The van der Waals surface area contributed by atoms with Gasteiger partial charge in [-0.3, -0.25) is 4.67 Å². The van der Waals surface area contributed by atoms with Gasteiger partial charge in [0.05, 0.1) is 9.20 Å². The first kappa shape index (κ1) is 17.7. The maximum Gasteiger partial charge on any atom is 0.187 e. The van der Waals surface area contributed by atoms with Gasteiger partial charge in [-0.15, -0.1) is 37.7 Å². The fraction of sp³-hybridized carbons (Fsp3) is 0.333. The van der Waals surface area contributed by atoms with Crippen LogP contribution >= 0.6 is 0 Å². The molecule has 1 saturated heterocycles. The molecule has 0 atom stereocenters. The fourth-order valence-electron chi connectivity index (χ4n) is 2.99. The minimum atomic E-state index is -2.01. The molecule has 0 amide bonds. The second-order valence-corrected chi connectivity index (χ2v) is 31.4. The largest absolute Gasteiger partial charge is 0.263 e. The van der Waals surface area contributed by atoms with Crippen molar-refractivity contribution in [2.45, 2.75) is 0 Å². The average molecular weight is 341 g/mol. The van der Waals surface area contributed by atoms with E-state index < -0.39 is 14.9 Å². The van der Waals surface area contributed by atoms with Crippen molar-refractivity contribution in [2.24, 2.45) is 0 Å². The van der Waals surface area contributed by atoms with Crippen LogP contribution in [0.25, 0.3) is 0 Å². The highest BCUT2D eigenvalue weighted by atomic mass is 29.8. The zero-order valence-electron chi connectivity index (χ0n) is 13.3. The van der Waals surface area contributed by atoms with Crippen molar-refractivity contribution in [2.75, 3.05) is 28.2 Å². The SMILES string of the molecule is C=C[Si]1(C=C)[SiH2][SiH2]N(C)N(C)N(C)N(C)[Si]1(C=C)C=C. The van der Waals surface area contributed by atoms with Crippen molar-refractivity contribution in [1.29, 1.82) is 0 Å². The van der Waals surface area contributed by atoms with Crippen LogP contribution < -0.4 is 0 Å². The maximum atomic E-state index is 4.20. The quantitative estimate of drug-likeness (QED) is 0.640. The zero-order valence-corrected chi connectivity index (χ0v) is 18.2. The summed E-state index contributed by atoms with van der Waals surface area (Å²) in [5, 5.41) is 4.42. The molecular formula is C12H28N4Si4. The van der Waals surface area contributed by atoms with E-state index in [9.17, 15) is 0 Å². The molecule has 0 aliphatic carbocycles. The summed E-state index contributed by atoms with van der Waals surface area (Å²) in [5.74, 6) is 0. The lowest BCUT2D eigenvalue weighted by Crippen LogP contribution is -2.79. The molecular weight excluding hydrogens is 313 g/mol. The zero-order chi connectivity index (χ0) is 15.6. The molecule has 1 fully saturated rings. The molecule has 0 unspecified atom stereocenters. The second kappa shape index (κ2) is 6.62. The molecule has 0 radical (unpaired) electrons. The molecule has 1 aliphatic rings. The van der Waals surface area contributed by atoms with Crippen molar-refractivity contribution in [3.63, 3.8) is 0 Å². The monoisotopic (exact) mass is 340 g/mol. The Morgan fingerprint density at radius 2 is 1.30 bits per heavy atom. The van der Waals surface area contributed by atoms with Crippen LogP contribution in [0.2, 0.25) is 0 Å². The molecule has 1 heterocycles. The van der Waals surface area contributed by atoms with E-state index in [1.54, 1.807) is 0 Å². The summed E-state index contributed by atoms with van der Waals surface area (Å²) in [6.07, 6.45) is 0. The molecule has 112 valence electrons. The number of hydrogen-bond acceptors (Lipinski definition) is 4. The first-order chi connectivity index (χ1) is 9.35. The van der Waals surface area contributed by atoms with E-state index in [0.717, 1.165) is 0 Å². The van der Waals surface area contributed by atoms with Gasteiger partial charge < -0.3 is 0 Å². The van der Waals surface area contributed by atoms with E-state index in [4.69, 9.17) is 0 Å². The van der Waals surface area contributed by atoms with E-state index in [1.165, 1.54) is 0 Å². The molecule has 0 N–H and O–H groups in total. The molecule has 0 bridgehead atoms. The molecule has 0 aromatic carbocycles. The lowest BCUT2D eigenvalue weighted by atomic mass is 11.2. The highest BCUT2D eigenvalue weighted by molar-refractivity contribution is 7.73. The number of nitrogens with zero attached hydrogens (tertiary/aromatic N) is 4. The second-order valence-electron chi connectivity index (χ2n) is 5.32. The van der Waals surface area contributed by atoms with Gasteiger partial charge in [0, 0.05) is 22.6 Å². The molecule has 20 heavy (non-hydrogen) atoms. The first-order valence-electron chi connectivity index (χ1n) is 6.82. The van der Waals surface area contributed by atoms with Crippen LogP contribution in [0.5, 0.6) is 0 Å². The molecule has 1 aliphatic heterocycles. The predicted octanol–water partition coefficient (Wildman–Crippen LogP) is -0.490. The van der Waals surface area contributed by atoms with Crippen molar-refractivity contribution < 1.29 is 0 Å². The Morgan fingerprint density at radius 1 is 0.800 bits per heavy atom. The summed E-state index contributed by atoms with van der Waals surface area (Å²) in [4.78, 5) is 0. The maximum absolute atomic E-state index is 4.20. The van der Waals surface area contributed by atoms with Gasteiger partial charge >= 0.3 is 0 Å². The summed E-state index contributed by atoms with van der Waals surface area (Å²) in [7, 11) is 4.39. The van der Waals surface area contributed by atoms with Gasteiger partial charge in [0.2, 0.25) is 0 Å². The van der Waals surface area contributed by atoms with Crippen LogP contribution in [0.4, 0.5) is 0 Å². The van der Waals surface area contributed by atoms with Crippen LogP contribution in [0.15, 0.2) is 49.1 Å². The van der Waals surface area contributed by atoms with E-state index in [2.05, 4.69) is 96.9 Å². The van der Waals surface area contributed by atoms with Crippen LogP contribution in [0.3, 0.4) is 0 Å². The highest BCUT2D eigenvalue weighted by Gasteiger charge is 2.53. The molecule has 1 rings (SSSR count). The minimum absolute atomic E-state index is 0.224. The van der Waals surface area contributed by atoms with Crippen LogP contribution in [0.1, 0.15) is 0 Å². The topological polar surface area (TPSA) is 13.0 Å². The Hall–Kier alpha value is -0.332. The smallest absolute Gasteiger partial charge is 0.187 e. The van der Waals surface area contributed by atoms with Gasteiger partial charge in [0.25, 0.3) is 0 Å². The summed E-state index contributed by atoms with van der Waals surface area (Å²) in [6.45, 7) is 16.8. The number of hydrazine groups is 3. The number of hydrogen-bond donors (Lipinski definition) is 0. The van der Waals surface area contributed by atoms with Gasteiger partial charge in [-0.1, -0.05) is 11.4 Å². The minimum Gasteiger partial charge on any atom is -0.263 e. The number of rotatable bonds is 4. The van der Waals surface area contributed by atoms with Gasteiger partial charge in [0.1, 0.15) is 7.11 Å². The lowest BCUT2D eigenvalue weighted by molar-refractivity contribution is -0.174. The van der Waals surface area contributed by atoms with Crippen molar-refractivity contribution in [3.05, 3.63) is 49.1 Å². The Morgan fingerprint density at radius 3 is 1.70 bits per heavy atom. The lowest BCUT2D eigenvalue weighted by Gasteiger charge is -2.54. The van der Waals surface area contributed by atoms with Crippen molar-refractivity contribution >= 4 is 32.6 Å². The highest BCUT2D eigenvalue weighted by Crippen LogP contribution is 2.28. The normalized spacial score (nSPS) is 27.8. The predicted molar refractivity (Wildman–Crippen MR) is 100 cm³/mol. The Bertz CT molecular complexity index is 398. The Balaban J connectivity index is 3.50. The van der Waals surface area contributed by atoms with Crippen LogP contribution in [-0.2, 0) is 0 Å². The standard InChI is InChI=1S/C12H28N4Si4/c1-9-19(10-2)16(8)14(6)13(5)15(7)17-18-20(19,11-3)12-4/h9-12H,1-4,17-18H2,5-8H3. The summed E-state index contributed by atoms with van der Waals surface area (Å²) < 4.78 is 4.79. The molecule has 0 aromatic rings. The van der Waals surface area contributed by atoms with E-state index >= 15 is 0 Å². The van der Waals surface area contributed by atoms with E-state index in [0.29, 0.717) is 0 Å². The third-order valence-electron chi connectivity index (χ3n) is 4.83. The summed E-state index contributed by atoms with van der Waals surface area (Å²) >= 11 is 0. The Labute approximate surface area is 129 Å². The molecule has 8 heteroatoms. The van der Waals surface area contributed by atoms with Gasteiger partial charge in [-0.25, -0.2) is 4.67 Å².